The molecule has 1 aromatic rings. The predicted octanol–water partition coefficient (Wildman–Crippen LogP) is 2.75. The van der Waals surface area contributed by atoms with E-state index in [1.54, 1.807) is 6.07 Å². The van der Waals surface area contributed by atoms with Gasteiger partial charge in [0.25, 0.3) is 0 Å². The van der Waals surface area contributed by atoms with Crippen LogP contribution in [0.5, 0.6) is 0 Å². The van der Waals surface area contributed by atoms with Crippen LogP contribution in [-0.2, 0) is 10.2 Å². The number of carbonyl (C=O) groups is 1. The average Bonchev–Trinajstić information content (AvgIpc) is 2.32. The summed E-state index contributed by atoms with van der Waals surface area (Å²) in [5.74, 6) is 0.0902. The van der Waals surface area contributed by atoms with E-state index in [1.807, 2.05) is 19.2 Å². The lowest BCUT2D eigenvalue weighted by atomic mass is 9.64. The molecule has 1 amide bonds. The van der Waals surface area contributed by atoms with Crippen LogP contribution in [0.15, 0.2) is 18.2 Å². The largest absolute Gasteiger partial charge is 0.354 e. The lowest BCUT2D eigenvalue weighted by Crippen LogP contribution is -2.50. The minimum Gasteiger partial charge on any atom is -0.354 e. The van der Waals surface area contributed by atoms with Crippen molar-refractivity contribution in [1.29, 1.82) is 0 Å². The van der Waals surface area contributed by atoms with Crippen LogP contribution in [0.4, 0.5) is 0 Å². The number of amides is 1. The molecule has 1 fully saturated rings. The van der Waals surface area contributed by atoms with Gasteiger partial charge in [0.2, 0.25) is 5.91 Å². The van der Waals surface area contributed by atoms with Crippen molar-refractivity contribution in [2.45, 2.75) is 24.7 Å². The van der Waals surface area contributed by atoms with Crippen LogP contribution in [0.2, 0.25) is 10.0 Å². The molecule has 1 aromatic carbocycles. The van der Waals surface area contributed by atoms with Gasteiger partial charge < -0.3 is 10.6 Å². The average molecular weight is 301 g/mol. The Bertz CT molecular complexity index is 473. The Morgan fingerprint density at radius 1 is 1.26 bits per heavy atom. The third-order valence-corrected chi connectivity index (χ3v) is 4.51. The molecule has 2 N–H and O–H groups in total. The van der Waals surface area contributed by atoms with Gasteiger partial charge in [-0.15, -0.1) is 0 Å². The molecule has 0 saturated heterocycles. The fourth-order valence-corrected chi connectivity index (χ4v) is 2.74. The third kappa shape index (κ3) is 2.88. The SMILES string of the molecule is CNCCNC(=O)C1(c2ccc(Cl)c(Cl)c2)CCC1. The van der Waals surface area contributed by atoms with Gasteiger partial charge in [0.15, 0.2) is 0 Å². The maximum Gasteiger partial charge on any atom is 0.230 e. The molecule has 2 rings (SSSR count). The molecule has 1 saturated carbocycles. The van der Waals surface area contributed by atoms with Gasteiger partial charge in [-0.05, 0) is 37.6 Å². The van der Waals surface area contributed by atoms with Crippen molar-refractivity contribution in [3.05, 3.63) is 33.8 Å². The Morgan fingerprint density at radius 2 is 2.00 bits per heavy atom. The summed E-state index contributed by atoms with van der Waals surface area (Å²) in [5, 5.41) is 7.03. The Morgan fingerprint density at radius 3 is 2.53 bits per heavy atom. The summed E-state index contributed by atoms with van der Waals surface area (Å²) in [5.41, 5.74) is 0.553. The number of likely N-dealkylation sites (N-methyl/N-ethyl adjacent to an activating group) is 1. The molecule has 0 heterocycles. The normalized spacial score (nSPS) is 16.8. The van der Waals surface area contributed by atoms with Gasteiger partial charge in [0, 0.05) is 13.1 Å². The van der Waals surface area contributed by atoms with Crippen molar-refractivity contribution in [3.8, 4) is 0 Å². The summed E-state index contributed by atoms with van der Waals surface area (Å²) in [6, 6.07) is 5.49. The first kappa shape index (κ1) is 14.6. The molecular formula is C14H18Cl2N2O. The van der Waals surface area contributed by atoms with Crippen molar-refractivity contribution in [2.24, 2.45) is 0 Å². The molecule has 0 spiro atoms. The maximum atomic E-state index is 12.4. The van der Waals surface area contributed by atoms with Gasteiger partial charge in [-0.3, -0.25) is 4.79 Å². The number of halogens is 2. The van der Waals surface area contributed by atoms with E-state index in [1.165, 1.54) is 0 Å². The molecule has 0 radical (unpaired) electrons. The summed E-state index contributed by atoms with van der Waals surface area (Å²) in [4.78, 5) is 12.4. The van der Waals surface area contributed by atoms with Gasteiger partial charge in [0.05, 0.1) is 15.5 Å². The second kappa shape index (κ2) is 6.12. The molecule has 3 nitrogen and oxygen atoms in total. The minimum atomic E-state index is -0.415. The van der Waals surface area contributed by atoms with E-state index in [2.05, 4.69) is 10.6 Å². The number of rotatable bonds is 5. The van der Waals surface area contributed by atoms with Crippen LogP contribution < -0.4 is 10.6 Å². The lowest BCUT2D eigenvalue weighted by Gasteiger charge is -2.40. The fraction of sp³-hybridized carbons (Fsp3) is 0.500. The molecule has 0 bridgehead atoms. The van der Waals surface area contributed by atoms with Crippen molar-refractivity contribution < 1.29 is 4.79 Å². The molecular weight excluding hydrogens is 283 g/mol. The number of nitrogens with one attached hydrogen (secondary N) is 2. The summed E-state index contributed by atoms with van der Waals surface area (Å²) in [7, 11) is 1.87. The second-order valence-corrected chi connectivity index (χ2v) is 5.74. The molecule has 19 heavy (non-hydrogen) atoms. The molecule has 0 aromatic heterocycles. The van der Waals surface area contributed by atoms with Gasteiger partial charge >= 0.3 is 0 Å². The molecule has 104 valence electrons. The Labute approximate surface area is 123 Å². The Balaban J connectivity index is 2.17. The standard InChI is InChI=1S/C14H18Cl2N2O/c1-17-7-8-18-13(19)14(5-2-6-14)10-3-4-11(15)12(16)9-10/h3-4,9,17H,2,5-8H2,1H3,(H,18,19). The van der Waals surface area contributed by atoms with Crippen LogP contribution in [0, 0.1) is 0 Å². The van der Waals surface area contributed by atoms with E-state index in [9.17, 15) is 4.79 Å². The van der Waals surface area contributed by atoms with E-state index in [0.717, 1.165) is 31.4 Å². The molecule has 0 unspecified atom stereocenters. The van der Waals surface area contributed by atoms with Crippen LogP contribution in [0.25, 0.3) is 0 Å². The first-order valence-electron chi connectivity index (χ1n) is 6.48. The summed E-state index contributed by atoms with van der Waals surface area (Å²) in [6.07, 6.45) is 2.81. The highest BCUT2D eigenvalue weighted by Crippen LogP contribution is 2.45. The first-order chi connectivity index (χ1) is 9.10. The van der Waals surface area contributed by atoms with Gasteiger partial charge in [-0.25, -0.2) is 0 Å². The van der Waals surface area contributed by atoms with Gasteiger partial charge in [0.1, 0.15) is 0 Å². The molecule has 1 aliphatic carbocycles. The lowest BCUT2D eigenvalue weighted by molar-refractivity contribution is -0.129. The van der Waals surface area contributed by atoms with Gasteiger partial charge in [-0.2, -0.15) is 0 Å². The summed E-state index contributed by atoms with van der Waals surface area (Å²) in [6.45, 7) is 1.40. The molecule has 1 aliphatic rings. The van der Waals surface area contributed by atoms with E-state index in [4.69, 9.17) is 23.2 Å². The highest BCUT2D eigenvalue weighted by atomic mass is 35.5. The molecule has 5 heteroatoms. The van der Waals surface area contributed by atoms with Crippen molar-refractivity contribution in [2.75, 3.05) is 20.1 Å². The van der Waals surface area contributed by atoms with E-state index in [0.29, 0.717) is 16.6 Å². The van der Waals surface area contributed by atoms with Crippen LogP contribution in [0.1, 0.15) is 24.8 Å². The number of hydrogen-bond donors (Lipinski definition) is 2. The van der Waals surface area contributed by atoms with E-state index >= 15 is 0 Å². The zero-order valence-corrected chi connectivity index (χ0v) is 12.4. The number of carbonyl (C=O) groups excluding carboxylic acids is 1. The highest BCUT2D eigenvalue weighted by molar-refractivity contribution is 6.42. The van der Waals surface area contributed by atoms with Crippen molar-refractivity contribution in [1.82, 2.24) is 10.6 Å². The maximum absolute atomic E-state index is 12.4. The topological polar surface area (TPSA) is 41.1 Å². The van der Waals surface area contributed by atoms with Crippen LogP contribution >= 0.6 is 23.2 Å². The second-order valence-electron chi connectivity index (χ2n) is 4.92. The fourth-order valence-electron chi connectivity index (χ4n) is 2.44. The molecule has 0 aliphatic heterocycles. The Kier molecular flexibility index (Phi) is 4.71. The van der Waals surface area contributed by atoms with E-state index < -0.39 is 5.41 Å². The van der Waals surface area contributed by atoms with Crippen LogP contribution in [-0.4, -0.2) is 26.0 Å². The van der Waals surface area contributed by atoms with Crippen LogP contribution in [0.3, 0.4) is 0 Å². The quantitative estimate of drug-likeness (QED) is 0.821. The highest BCUT2D eigenvalue weighted by Gasteiger charge is 2.45. The number of benzene rings is 1. The summed E-state index contributed by atoms with van der Waals surface area (Å²) < 4.78 is 0. The predicted molar refractivity (Wildman–Crippen MR) is 78.9 cm³/mol. The monoisotopic (exact) mass is 300 g/mol. The Hall–Kier alpha value is -0.770. The molecule has 0 atom stereocenters. The summed E-state index contributed by atoms with van der Waals surface area (Å²) >= 11 is 12.0. The zero-order valence-electron chi connectivity index (χ0n) is 10.9. The first-order valence-corrected chi connectivity index (χ1v) is 7.24. The van der Waals surface area contributed by atoms with E-state index in [-0.39, 0.29) is 5.91 Å². The zero-order chi connectivity index (χ0) is 13.9. The third-order valence-electron chi connectivity index (χ3n) is 3.77. The number of hydrogen-bond acceptors (Lipinski definition) is 2. The van der Waals surface area contributed by atoms with Crippen molar-refractivity contribution >= 4 is 29.1 Å². The smallest absolute Gasteiger partial charge is 0.230 e. The van der Waals surface area contributed by atoms with Crippen molar-refractivity contribution in [3.63, 3.8) is 0 Å². The van der Waals surface area contributed by atoms with Gasteiger partial charge in [-0.1, -0.05) is 35.7 Å². The minimum absolute atomic E-state index is 0.0902.